The Morgan fingerprint density at radius 2 is 1.88 bits per heavy atom. The highest BCUT2D eigenvalue weighted by Crippen LogP contribution is 2.20. The Kier molecular flexibility index (Phi) is 1.90. The lowest BCUT2D eigenvalue weighted by molar-refractivity contribution is -0.112. The number of nitrogens with zero attached hydrogens (tertiary/aromatic N) is 2. The summed E-state index contributed by atoms with van der Waals surface area (Å²) < 4.78 is 0. The summed E-state index contributed by atoms with van der Waals surface area (Å²) in [5.74, 6) is -0.220. The Labute approximate surface area is 92.2 Å². The van der Waals surface area contributed by atoms with Gasteiger partial charge in [-0.05, 0) is 18.2 Å². The number of aromatic nitrogens is 1. The first-order chi connectivity index (χ1) is 7.84. The van der Waals surface area contributed by atoms with E-state index in [1.807, 2.05) is 36.4 Å². The SMILES string of the molecule is O=C1N=CC=C1c1ccc2ccccc2n1. The molecule has 0 spiro atoms. The van der Waals surface area contributed by atoms with Crippen LogP contribution in [0.4, 0.5) is 0 Å². The molecule has 76 valence electrons. The van der Waals surface area contributed by atoms with Crippen molar-refractivity contribution in [2.45, 2.75) is 0 Å². The molecule has 1 aromatic carbocycles. The maximum absolute atomic E-state index is 11.4. The summed E-state index contributed by atoms with van der Waals surface area (Å²) >= 11 is 0. The minimum Gasteiger partial charge on any atom is -0.267 e. The fourth-order valence-electron chi connectivity index (χ4n) is 1.73. The topological polar surface area (TPSA) is 42.3 Å². The number of fused-ring (bicyclic) bond motifs is 1. The zero-order chi connectivity index (χ0) is 11.0. The van der Waals surface area contributed by atoms with Gasteiger partial charge >= 0.3 is 0 Å². The van der Waals surface area contributed by atoms with Crippen molar-refractivity contribution in [2.75, 3.05) is 0 Å². The lowest BCUT2D eigenvalue weighted by atomic mass is 10.1. The maximum Gasteiger partial charge on any atom is 0.279 e. The molecule has 0 unspecified atom stereocenters. The van der Waals surface area contributed by atoms with Crippen molar-refractivity contribution in [3.63, 3.8) is 0 Å². The van der Waals surface area contributed by atoms with Crippen LogP contribution in [0.25, 0.3) is 16.5 Å². The normalized spacial score (nSPS) is 14.5. The Morgan fingerprint density at radius 1 is 1.00 bits per heavy atom. The number of amides is 1. The molecule has 1 aromatic heterocycles. The molecule has 0 N–H and O–H groups in total. The Bertz CT molecular complexity index is 641. The van der Waals surface area contributed by atoms with Gasteiger partial charge in [0.05, 0.1) is 16.8 Å². The number of aliphatic imine (C=N–C) groups is 1. The van der Waals surface area contributed by atoms with Crippen LogP contribution in [0.2, 0.25) is 0 Å². The van der Waals surface area contributed by atoms with Crippen LogP contribution in [0.15, 0.2) is 47.5 Å². The number of hydrogen-bond donors (Lipinski definition) is 0. The van der Waals surface area contributed by atoms with Gasteiger partial charge in [-0.25, -0.2) is 9.98 Å². The number of para-hydroxylation sites is 1. The lowest BCUT2D eigenvalue weighted by Gasteiger charge is -2.01. The molecule has 0 radical (unpaired) electrons. The molecule has 2 aromatic rings. The first-order valence-electron chi connectivity index (χ1n) is 4.99. The molecular weight excluding hydrogens is 200 g/mol. The average molecular weight is 208 g/mol. The molecule has 1 aliphatic rings. The Morgan fingerprint density at radius 3 is 2.69 bits per heavy atom. The molecule has 1 aliphatic heterocycles. The third-order valence-corrected chi connectivity index (χ3v) is 2.54. The van der Waals surface area contributed by atoms with Crippen molar-refractivity contribution < 1.29 is 4.79 Å². The third-order valence-electron chi connectivity index (χ3n) is 2.54. The van der Waals surface area contributed by atoms with Gasteiger partial charge < -0.3 is 0 Å². The number of pyridine rings is 1. The second kappa shape index (κ2) is 3.38. The van der Waals surface area contributed by atoms with Crippen molar-refractivity contribution in [3.8, 4) is 0 Å². The average Bonchev–Trinajstić information content (AvgIpc) is 2.75. The van der Waals surface area contributed by atoms with E-state index in [9.17, 15) is 4.79 Å². The highest BCUT2D eigenvalue weighted by molar-refractivity contribution is 6.28. The molecule has 1 amide bonds. The molecule has 3 rings (SSSR count). The lowest BCUT2D eigenvalue weighted by Crippen LogP contribution is -1.96. The van der Waals surface area contributed by atoms with Crippen LogP contribution >= 0.6 is 0 Å². The van der Waals surface area contributed by atoms with Gasteiger partial charge in [-0.1, -0.05) is 24.3 Å². The highest BCUT2D eigenvalue weighted by Gasteiger charge is 2.15. The molecule has 0 saturated carbocycles. The van der Waals surface area contributed by atoms with Gasteiger partial charge in [0.15, 0.2) is 0 Å². The first-order valence-corrected chi connectivity index (χ1v) is 4.99. The summed E-state index contributed by atoms with van der Waals surface area (Å²) in [5, 5.41) is 1.07. The minimum absolute atomic E-state index is 0.220. The van der Waals surface area contributed by atoms with Gasteiger partial charge in [0.25, 0.3) is 5.91 Å². The van der Waals surface area contributed by atoms with Crippen LogP contribution in [0.5, 0.6) is 0 Å². The van der Waals surface area contributed by atoms with E-state index in [0.29, 0.717) is 11.3 Å². The summed E-state index contributed by atoms with van der Waals surface area (Å²) in [6.07, 6.45) is 3.20. The standard InChI is InChI=1S/C13H8N2O/c16-13-10(7-8-14-13)12-6-5-9-3-1-2-4-11(9)15-12/h1-8H. The van der Waals surface area contributed by atoms with Crippen LogP contribution < -0.4 is 0 Å². The molecule has 2 heterocycles. The quantitative estimate of drug-likeness (QED) is 0.721. The predicted molar refractivity (Wildman–Crippen MR) is 63.2 cm³/mol. The van der Waals surface area contributed by atoms with Crippen molar-refractivity contribution in [3.05, 3.63) is 48.2 Å². The molecular formula is C13H8N2O. The van der Waals surface area contributed by atoms with Crippen LogP contribution in [0, 0.1) is 0 Å². The van der Waals surface area contributed by atoms with E-state index in [1.165, 1.54) is 6.21 Å². The number of rotatable bonds is 1. The van der Waals surface area contributed by atoms with Crippen LogP contribution in [0.3, 0.4) is 0 Å². The number of carbonyl (C=O) groups excluding carboxylic acids is 1. The van der Waals surface area contributed by atoms with Gasteiger partial charge in [-0.15, -0.1) is 0 Å². The number of carbonyl (C=O) groups is 1. The zero-order valence-corrected chi connectivity index (χ0v) is 8.42. The molecule has 0 aliphatic carbocycles. The maximum atomic E-state index is 11.4. The van der Waals surface area contributed by atoms with Gasteiger partial charge in [-0.3, -0.25) is 4.79 Å². The number of hydrogen-bond acceptors (Lipinski definition) is 2. The molecule has 16 heavy (non-hydrogen) atoms. The van der Waals surface area contributed by atoms with Gasteiger partial charge in [0, 0.05) is 11.6 Å². The second-order valence-corrected chi connectivity index (χ2v) is 3.55. The summed E-state index contributed by atoms with van der Waals surface area (Å²) in [4.78, 5) is 19.5. The van der Waals surface area contributed by atoms with E-state index in [2.05, 4.69) is 9.98 Å². The summed E-state index contributed by atoms with van der Waals surface area (Å²) in [6.45, 7) is 0. The van der Waals surface area contributed by atoms with Crippen LogP contribution in [0.1, 0.15) is 5.69 Å². The molecule has 0 saturated heterocycles. The zero-order valence-electron chi connectivity index (χ0n) is 8.42. The van der Waals surface area contributed by atoms with Crippen molar-refractivity contribution in [2.24, 2.45) is 4.99 Å². The third kappa shape index (κ3) is 1.34. The van der Waals surface area contributed by atoms with E-state index < -0.39 is 0 Å². The Hall–Kier alpha value is -2.29. The minimum atomic E-state index is -0.220. The molecule has 3 heteroatoms. The van der Waals surface area contributed by atoms with Crippen molar-refractivity contribution in [1.82, 2.24) is 4.98 Å². The number of allylic oxidation sites excluding steroid dienone is 1. The predicted octanol–water partition coefficient (Wildman–Crippen LogP) is 2.23. The molecule has 0 fully saturated rings. The van der Waals surface area contributed by atoms with E-state index >= 15 is 0 Å². The second-order valence-electron chi connectivity index (χ2n) is 3.55. The number of benzene rings is 1. The van der Waals surface area contributed by atoms with Crippen LogP contribution in [-0.2, 0) is 4.79 Å². The molecule has 0 atom stereocenters. The smallest absolute Gasteiger partial charge is 0.267 e. The fraction of sp³-hybridized carbons (Fsp3) is 0. The fourth-order valence-corrected chi connectivity index (χ4v) is 1.73. The highest BCUT2D eigenvalue weighted by atomic mass is 16.1. The monoisotopic (exact) mass is 208 g/mol. The van der Waals surface area contributed by atoms with E-state index in [-0.39, 0.29) is 5.91 Å². The van der Waals surface area contributed by atoms with E-state index in [4.69, 9.17) is 0 Å². The van der Waals surface area contributed by atoms with Crippen molar-refractivity contribution in [1.29, 1.82) is 0 Å². The summed E-state index contributed by atoms with van der Waals surface area (Å²) in [5.41, 5.74) is 2.13. The van der Waals surface area contributed by atoms with Gasteiger partial charge in [0.1, 0.15) is 0 Å². The Balaban J connectivity index is 2.16. The van der Waals surface area contributed by atoms with Gasteiger partial charge in [-0.2, -0.15) is 0 Å². The molecule has 3 nitrogen and oxygen atoms in total. The first kappa shape index (κ1) is 8.97. The summed E-state index contributed by atoms with van der Waals surface area (Å²) in [7, 11) is 0. The van der Waals surface area contributed by atoms with E-state index in [1.54, 1.807) is 6.08 Å². The van der Waals surface area contributed by atoms with Gasteiger partial charge in [0.2, 0.25) is 0 Å². The van der Waals surface area contributed by atoms with Crippen molar-refractivity contribution >= 4 is 28.6 Å². The molecule has 0 bridgehead atoms. The van der Waals surface area contributed by atoms with Crippen LogP contribution in [-0.4, -0.2) is 17.1 Å². The summed E-state index contributed by atoms with van der Waals surface area (Å²) in [6, 6.07) is 11.6. The largest absolute Gasteiger partial charge is 0.279 e. The van der Waals surface area contributed by atoms with E-state index in [0.717, 1.165) is 10.9 Å².